The molecule has 0 atom stereocenters. The van der Waals surface area contributed by atoms with Gasteiger partial charge in [-0.05, 0) is 42.0 Å². The summed E-state index contributed by atoms with van der Waals surface area (Å²) < 4.78 is 5.23. The van der Waals surface area contributed by atoms with Crippen LogP contribution in [0.1, 0.15) is 16.1 Å². The van der Waals surface area contributed by atoms with Crippen LogP contribution in [0.15, 0.2) is 66.9 Å². The molecule has 0 unspecified atom stereocenters. The molecule has 0 saturated carbocycles. The Kier molecular flexibility index (Phi) is 5.71. The van der Waals surface area contributed by atoms with E-state index in [9.17, 15) is 4.79 Å². The number of hydrogen-bond acceptors (Lipinski definition) is 4. The van der Waals surface area contributed by atoms with E-state index in [-0.39, 0.29) is 5.91 Å². The number of para-hydroxylation sites is 2. The molecule has 0 radical (unpaired) electrons. The Morgan fingerprint density at radius 3 is 2.54 bits per heavy atom. The SMILES string of the molecule is COc1ccccc1NC(=O)c1ccc(NCc2ccc(Cl)cc2)cn1. The molecule has 5 nitrogen and oxygen atoms in total. The summed E-state index contributed by atoms with van der Waals surface area (Å²) in [6.45, 7) is 0.644. The van der Waals surface area contributed by atoms with Gasteiger partial charge < -0.3 is 15.4 Å². The Balaban J connectivity index is 1.61. The van der Waals surface area contributed by atoms with E-state index in [1.54, 1.807) is 31.5 Å². The van der Waals surface area contributed by atoms with Crippen LogP contribution < -0.4 is 15.4 Å². The van der Waals surface area contributed by atoms with Crippen LogP contribution in [0.2, 0.25) is 5.02 Å². The highest BCUT2D eigenvalue weighted by Crippen LogP contribution is 2.23. The maximum atomic E-state index is 12.3. The van der Waals surface area contributed by atoms with E-state index in [2.05, 4.69) is 15.6 Å². The maximum absolute atomic E-state index is 12.3. The summed E-state index contributed by atoms with van der Waals surface area (Å²) in [5.41, 5.74) is 2.86. The lowest BCUT2D eigenvalue weighted by Crippen LogP contribution is -2.14. The third kappa shape index (κ3) is 4.52. The number of halogens is 1. The van der Waals surface area contributed by atoms with Gasteiger partial charge in [0.15, 0.2) is 0 Å². The molecular weight excluding hydrogens is 350 g/mol. The molecule has 0 bridgehead atoms. The number of carbonyl (C=O) groups is 1. The lowest BCUT2D eigenvalue weighted by Gasteiger charge is -2.10. The van der Waals surface area contributed by atoms with Gasteiger partial charge in [0.05, 0.1) is 24.7 Å². The number of carbonyl (C=O) groups excluding carboxylic acids is 1. The standard InChI is InChI=1S/C20H18ClN3O2/c1-26-19-5-3-2-4-17(19)24-20(25)18-11-10-16(13-23-18)22-12-14-6-8-15(21)9-7-14/h2-11,13,22H,12H2,1H3,(H,24,25). The minimum Gasteiger partial charge on any atom is -0.495 e. The molecule has 0 aliphatic carbocycles. The van der Waals surface area contributed by atoms with Crippen LogP contribution in [-0.2, 0) is 6.54 Å². The van der Waals surface area contributed by atoms with Crippen LogP contribution in [0.25, 0.3) is 0 Å². The largest absolute Gasteiger partial charge is 0.495 e. The van der Waals surface area contributed by atoms with Gasteiger partial charge in [-0.3, -0.25) is 4.79 Å². The van der Waals surface area contributed by atoms with Crippen LogP contribution in [-0.4, -0.2) is 18.0 Å². The average molecular weight is 368 g/mol. The van der Waals surface area contributed by atoms with Crippen LogP contribution >= 0.6 is 11.6 Å². The summed E-state index contributed by atoms with van der Waals surface area (Å²) >= 11 is 5.88. The van der Waals surface area contributed by atoms with E-state index in [0.717, 1.165) is 11.3 Å². The average Bonchev–Trinajstić information content (AvgIpc) is 2.68. The van der Waals surface area contributed by atoms with Crippen LogP contribution in [0.4, 0.5) is 11.4 Å². The van der Waals surface area contributed by atoms with Gasteiger partial charge >= 0.3 is 0 Å². The molecule has 1 amide bonds. The van der Waals surface area contributed by atoms with Crippen molar-refractivity contribution in [1.29, 1.82) is 0 Å². The number of ether oxygens (including phenoxy) is 1. The number of benzene rings is 2. The van der Waals surface area contributed by atoms with Crippen LogP contribution in [0.3, 0.4) is 0 Å². The predicted molar refractivity (Wildman–Crippen MR) is 104 cm³/mol. The van der Waals surface area contributed by atoms with Crippen molar-refractivity contribution >= 4 is 28.9 Å². The number of aromatic nitrogens is 1. The second kappa shape index (κ2) is 8.36. The van der Waals surface area contributed by atoms with E-state index < -0.39 is 0 Å². The fourth-order valence-electron chi connectivity index (χ4n) is 2.37. The van der Waals surface area contributed by atoms with Crippen molar-refractivity contribution in [3.05, 3.63) is 83.1 Å². The molecule has 3 aromatic rings. The third-order valence-corrected chi connectivity index (χ3v) is 4.01. The molecular formula is C20H18ClN3O2. The van der Waals surface area contributed by atoms with E-state index in [4.69, 9.17) is 16.3 Å². The number of nitrogens with one attached hydrogen (secondary N) is 2. The zero-order valence-corrected chi connectivity index (χ0v) is 15.0. The van der Waals surface area contributed by atoms with Gasteiger partial charge in [-0.15, -0.1) is 0 Å². The highest BCUT2D eigenvalue weighted by Gasteiger charge is 2.10. The summed E-state index contributed by atoms with van der Waals surface area (Å²) in [6.07, 6.45) is 1.63. The van der Waals surface area contributed by atoms with Crippen LogP contribution in [0.5, 0.6) is 5.75 Å². The molecule has 132 valence electrons. The van der Waals surface area contributed by atoms with E-state index in [0.29, 0.717) is 28.7 Å². The molecule has 0 aliphatic heterocycles. The molecule has 2 N–H and O–H groups in total. The van der Waals surface area contributed by atoms with Gasteiger partial charge in [0.25, 0.3) is 5.91 Å². The van der Waals surface area contributed by atoms with Crippen LogP contribution in [0, 0.1) is 0 Å². The number of nitrogens with zero attached hydrogens (tertiary/aromatic N) is 1. The molecule has 1 aromatic heterocycles. The fourth-order valence-corrected chi connectivity index (χ4v) is 2.50. The van der Waals surface area contributed by atoms with E-state index in [1.165, 1.54) is 0 Å². The molecule has 1 heterocycles. The van der Waals surface area contributed by atoms with Gasteiger partial charge in [0.1, 0.15) is 11.4 Å². The van der Waals surface area contributed by atoms with Gasteiger partial charge in [-0.1, -0.05) is 35.9 Å². The third-order valence-electron chi connectivity index (χ3n) is 3.76. The zero-order valence-electron chi connectivity index (χ0n) is 14.2. The highest BCUT2D eigenvalue weighted by molar-refractivity contribution is 6.30. The summed E-state index contributed by atoms with van der Waals surface area (Å²) in [6, 6.07) is 18.3. The number of hydrogen-bond donors (Lipinski definition) is 2. The van der Waals surface area contributed by atoms with E-state index >= 15 is 0 Å². The highest BCUT2D eigenvalue weighted by atomic mass is 35.5. The van der Waals surface area contributed by atoms with Crippen molar-refractivity contribution in [2.24, 2.45) is 0 Å². The summed E-state index contributed by atoms with van der Waals surface area (Å²) in [5, 5.41) is 6.77. The Labute approximate surface area is 157 Å². The van der Waals surface area contributed by atoms with Gasteiger partial charge in [-0.25, -0.2) is 4.98 Å². The molecule has 6 heteroatoms. The molecule has 0 aliphatic rings. The van der Waals surface area contributed by atoms with Crippen molar-refractivity contribution < 1.29 is 9.53 Å². The Hall–Kier alpha value is -3.05. The molecule has 0 fully saturated rings. The Bertz CT molecular complexity index is 880. The lowest BCUT2D eigenvalue weighted by molar-refractivity contribution is 0.102. The first-order valence-corrected chi connectivity index (χ1v) is 8.42. The number of methoxy groups -OCH3 is 1. The van der Waals surface area contributed by atoms with Gasteiger partial charge in [-0.2, -0.15) is 0 Å². The number of amides is 1. The molecule has 26 heavy (non-hydrogen) atoms. The maximum Gasteiger partial charge on any atom is 0.274 e. The molecule has 3 rings (SSSR count). The smallest absolute Gasteiger partial charge is 0.274 e. The molecule has 0 spiro atoms. The molecule has 0 saturated heterocycles. The minimum atomic E-state index is -0.293. The number of anilines is 2. The van der Waals surface area contributed by atoms with Crippen molar-refractivity contribution in [3.63, 3.8) is 0 Å². The van der Waals surface area contributed by atoms with Gasteiger partial charge in [0.2, 0.25) is 0 Å². The molecule has 2 aromatic carbocycles. The first-order valence-electron chi connectivity index (χ1n) is 8.04. The van der Waals surface area contributed by atoms with Crippen molar-refractivity contribution in [2.45, 2.75) is 6.54 Å². The zero-order chi connectivity index (χ0) is 18.4. The topological polar surface area (TPSA) is 63.2 Å². The normalized spacial score (nSPS) is 10.2. The summed E-state index contributed by atoms with van der Waals surface area (Å²) in [4.78, 5) is 16.6. The number of pyridine rings is 1. The van der Waals surface area contributed by atoms with Crippen molar-refractivity contribution in [3.8, 4) is 5.75 Å². The van der Waals surface area contributed by atoms with Crippen molar-refractivity contribution in [1.82, 2.24) is 4.98 Å². The Morgan fingerprint density at radius 2 is 1.85 bits per heavy atom. The summed E-state index contributed by atoms with van der Waals surface area (Å²) in [5.74, 6) is 0.306. The Morgan fingerprint density at radius 1 is 1.08 bits per heavy atom. The second-order valence-electron chi connectivity index (χ2n) is 5.57. The first kappa shape index (κ1) is 17.8. The first-order chi connectivity index (χ1) is 12.7. The van der Waals surface area contributed by atoms with Gasteiger partial charge in [0, 0.05) is 11.6 Å². The minimum absolute atomic E-state index is 0.293. The quantitative estimate of drug-likeness (QED) is 0.668. The monoisotopic (exact) mass is 367 g/mol. The fraction of sp³-hybridized carbons (Fsp3) is 0.100. The second-order valence-corrected chi connectivity index (χ2v) is 6.00. The van der Waals surface area contributed by atoms with E-state index in [1.807, 2.05) is 42.5 Å². The lowest BCUT2D eigenvalue weighted by atomic mass is 10.2. The summed E-state index contributed by atoms with van der Waals surface area (Å²) in [7, 11) is 1.56. The van der Waals surface area contributed by atoms with Crippen molar-refractivity contribution in [2.75, 3.05) is 17.7 Å². The number of rotatable bonds is 6. The predicted octanol–water partition coefficient (Wildman–Crippen LogP) is 4.61.